The van der Waals surface area contributed by atoms with E-state index in [2.05, 4.69) is 35.8 Å². The summed E-state index contributed by atoms with van der Waals surface area (Å²) >= 11 is 3.49. The number of halogens is 1. The van der Waals surface area contributed by atoms with Gasteiger partial charge in [-0.25, -0.2) is 0 Å². The quantitative estimate of drug-likeness (QED) is 0.607. The third-order valence-electron chi connectivity index (χ3n) is 1.48. The third-order valence-corrected chi connectivity index (χ3v) is 1.98. The van der Waals surface area contributed by atoms with Crippen molar-refractivity contribution in [3.63, 3.8) is 0 Å². The lowest BCUT2D eigenvalue weighted by atomic mass is 10.1. The first-order chi connectivity index (χ1) is 4.72. The van der Waals surface area contributed by atoms with E-state index in [-0.39, 0.29) is 0 Å². The highest BCUT2D eigenvalue weighted by atomic mass is 79.9. The second-order valence-corrected chi connectivity index (χ2v) is 3.69. The van der Waals surface area contributed by atoms with Crippen molar-refractivity contribution in [1.29, 1.82) is 0 Å². The van der Waals surface area contributed by atoms with Gasteiger partial charge in [0.2, 0.25) is 0 Å². The maximum Gasteiger partial charge on any atom is 0.0369 e. The molecule has 53 valence electrons. The average molecular weight is 198 g/mol. The summed E-state index contributed by atoms with van der Waals surface area (Å²) < 4.78 is 0. The Morgan fingerprint density at radius 2 is 2.00 bits per heavy atom. The Hall–Kier alpha value is -0.300. The smallest absolute Gasteiger partial charge is 0.0369 e. The Bertz CT molecular complexity index is 216. The minimum Gasteiger partial charge on any atom is -0.0842 e. The Balaban J connectivity index is 3.03. The maximum absolute atomic E-state index is 3.91. The number of benzene rings is 1. The summed E-state index contributed by atoms with van der Waals surface area (Å²) in [6, 6.07) is 8.14. The molecule has 0 bridgehead atoms. The lowest BCUT2D eigenvalue weighted by Crippen LogP contribution is -1.86. The molecule has 1 rings (SSSR count). The van der Waals surface area contributed by atoms with Crippen LogP contribution >= 0.6 is 15.9 Å². The van der Waals surface area contributed by atoms with E-state index in [0.29, 0.717) is 4.83 Å². The van der Waals surface area contributed by atoms with Gasteiger partial charge in [0.05, 0.1) is 0 Å². The van der Waals surface area contributed by atoms with Gasteiger partial charge in [-0.2, -0.15) is 0 Å². The lowest BCUT2D eigenvalue weighted by Gasteiger charge is -2.05. The predicted molar refractivity (Wildman–Crippen MR) is 48.2 cm³/mol. The number of alkyl halides is 1. The predicted octanol–water partition coefficient (Wildman–Crippen LogP) is 3.32. The molecule has 1 heteroatoms. The minimum atomic E-state index is 0.404. The van der Waals surface area contributed by atoms with Crippen molar-refractivity contribution in [3.05, 3.63) is 42.3 Å². The molecule has 1 unspecified atom stereocenters. The van der Waals surface area contributed by atoms with E-state index < -0.39 is 0 Å². The van der Waals surface area contributed by atoms with Crippen LogP contribution in [0.2, 0.25) is 0 Å². The fourth-order valence-corrected chi connectivity index (χ4v) is 1.37. The summed E-state index contributed by atoms with van der Waals surface area (Å²) in [5.41, 5.74) is 2.37. The molecule has 1 radical (unpaired) electrons. The summed E-state index contributed by atoms with van der Waals surface area (Å²) in [7, 11) is 0. The Labute approximate surface area is 70.4 Å². The zero-order valence-electron chi connectivity index (χ0n) is 5.97. The molecule has 0 nitrogen and oxygen atoms in total. The summed E-state index contributed by atoms with van der Waals surface area (Å²) in [6.45, 7) is 6.01. The van der Waals surface area contributed by atoms with Crippen LogP contribution in [0.15, 0.2) is 24.3 Å². The fourth-order valence-electron chi connectivity index (χ4n) is 0.922. The Kier molecular flexibility index (Phi) is 2.50. The topological polar surface area (TPSA) is 0 Å². The highest BCUT2D eigenvalue weighted by Crippen LogP contribution is 2.23. The van der Waals surface area contributed by atoms with Gasteiger partial charge in [0.15, 0.2) is 0 Å². The zero-order chi connectivity index (χ0) is 7.56. The molecule has 10 heavy (non-hydrogen) atoms. The van der Waals surface area contributed by atoms with Crippen molar-refractivity contribution in [1.82, 2.24) is 0 Å². The van der Waals surface area contributed by atoms with E-state index in [1.165, 1.54) is 5.56 Å². The highest BCUT2D eigenvalue weighted by Gasteiger charge is 2.01. The summed E-state index contributed by atoms with van der Waals surface area (Å²) in [4.78, 5) is 0.404. The van der Waals surface area contributed by atoms with E-state index in [4.69, 9.17) is 0 Å². The lowest BCUT2D eigenvalue weighted by molar-refractivity contribution is 1.11. The van der Waals surface area contributed by atoms with Gasteiger partial charge in [0.25, 0.3) is 0 Å². The average Bonchev–Trinajstić information content (AvgIpc) is 1.88. The number of hydrogen-bond donors (Lipinski definition) is 0. The van der Waals surface area contributed by atoms with Gasteiger partial charge in [0.1, 0.15) is 0 Å². The van der Waals surface area contributed by atoms with Gasteiger partial charge < -0.3 is 0 Å². The van der Waals surface area contributed by atoms with Gasteiger partial charge in [-0.3, -0.25) is 0 Å². The van der Waals surface area contributed by atoms with Crippen LogP contribution < -0.4 is 0 Å². The van der Waals surface area contributed by atoms with E-state index in [0.717, 1.165) is 5.56 Å². The standard InChI is InChI=1S/C9H10Br/c1-7-5-3-4-6-9(7)8(2)10/h3-6,8H,1H2,2H3. The minimum absolute atomic E-state index is 0.404. The third kappa shape index (κ3) is 1.60. The number of hydrogen-bond acceptors (Lipinski definition) is 0. The molecule has 0 aromatic heterocycles. The van der Waals surface area contributed by atoms with Gasteiger partial charge in [-0.15, -0.1) is 0 Å². The summed E-state index contributed by atoms with van der Waals surface area (Å²) in [5, 5.41) is 0. The van der Waals surface area contributed by atoms with Crippen LogP contribution in [-0.4, -0.2) is 0 Å². The molecule has 0 saturated heterocycles. The monoisotopic (exact) mass is 197 g/mol. The van der Waals surface area contributed by atoms with Gasteiger partial charge >= 0.3 is 0 Å². The zero-order valence-corrected chi connectivity index (χ0v) is 7.56. The Morgan fingerprint density at radius 1 is 1.40 bits per heavy atom. The molecule has 0 amide bonds. The molecule has 1 atom stereocenters. The number of rotatable bonds is 1. The molecule has 0 saturated carbocycles. The van der Waals surface area contributed by atoms with Crippen molar-refractivity contribution in [2.75, 3.05) is 0 Å². The molecule has 1 aromatic rings. The Morgan fingerprint density at radius 3 is 2.40 bits per heavy atom. The van der Waals surface area contributed by atoms with Crippen LogP contribution in [0.3, 0.4) is 0 Å². The summed E-state index contributed by atoms with van der Waals surface area (Å²) in [5.74, 6) is 0. The molecule has 0 spiro atoms. The van der Waals surface area contributed by atoms with E-state index >= 15 is 0 Å². The van der Waals surface area contributed by atoms with Crippen LogP contribution in [0.5, 0.6) is 0 Å². The maximum atomic E-state index is 3.91. The molecular formula is C9H10Br. The van der Waals surface area contributed by atoms with Crippen LogP contribution in [0, 0.1) is 6.92 Å². The highest BCUT2D eigenvalue weighted by molar-refractivity contribution is 9.09. The molecule has 0 N–H and O–H groups in total. The van der Waals surface area contributed by atoms with Crippen molar-refractivity contribution in [2.45, 2.75) is 11.8 Å². The normalized spacial score (nSPS) is 13.1. The second-order valence-electron chi connectivity index (χ2n) is 2.31. The van der Waals surface area contributed by atoms with Crippen molar-refractivity contribution in [2.24, 2.45) is 0 Å². The first kappa shape index (κ1) is 7.80. The van der Waals surface area contributed by atoms with Crippen molar-refractivity contribution in [3.8, 4) is 0 Å². The SMILES string of the molecule is [CH2]c1ccccc1C(C)Br. The van der Waals surface area contributed by atoms with Crippen LogP contribution in [0.25, 0.3) is 0 Å². The largest absolute Gasteiger partial charge is 0.0842 e. The first-order valence-electron chi connectivity index (χ1n) is 3.27. The van der Waals surface area contributed by atoms with Crippen molar-refractivity contribution < 1.29 is 0 Å². The van der Waals surface area contributed by atoms with Crippen molar-refractivity contribution >= 4 is 15.9 Å². The van der Waals surface area contributed by atoms with E-state index in [1.807, 2.05) is 18.2 Å². The van der Waals surface area contributed by atoms with E-state index in [9.17, 15) is 0 Å². The molecular weight excluding hydrogens is 188 g/mol. The molecule has 0 heterocycles. The van der Waals surface area contributed by atoms with Gasteiger partial charge in [0, 0.05) is 4.83 Å². The molecule has 0 fully saturated rings. The summed E-state index contributed by atoms with van der Waals surface area (Å²) in [6.07, 6.45) is 0. The van der Waals surface area contributed by atoms with Crippen LogP contribution in [0.1, 0.15) is 22.9 Å². The van der Waals surface area contributed by atoms with Crippen LogP contribution in [-0.2, 0) is 0 Å². The second kappa shape index (κ2) is 3.20. The molecule has 0 aliphatic rings. The first-order valence-corrected chi connectivity index (χ1v) is 4.18. The fraction of sp³-hybridized carbons (Fsp3) is 0.222. The molecule has 1 aromatic carbocycles. The van der Waals surface area contributed by atoms with Crippen LogP contribution in [0.4, 0.5) is 0 Å². The van der Waals surface area contributed by atoms with E-state index in [1.54, 1.807) is 0 Å². The van der Waals surface area contributed by atoms with Gasteiger partial charge in [-0.05, 0) is 25.0 Å². The molecule has 0 aliphatic heterocycles. The molecule has 0 aliphatic carbocycles. The van der Waals surface area contributed by atoms with Gasteiger partial charge in [-0.1, -0.05) is 40.2 Å².